The van der Waals surface area contributed by atoms with Crippen molar-refractivity contribution in [3.63, 3.8) is 0 Å². The molecule has 3 rings (SSSR count). The van der Waals surface area contributed by atoms with Crippen molar-refractivity contribution in [1.29, 1.82) is 0 Å². The summed E-state index contributed by atoms with van der Waals surface area (Å²) in [6.45, 7) is 7.53. The van der Waals surface area contributed by atoms with Crippen LogP contribution in [0, 0.1) is 15.5 Å². The summed E-state index contributed by atoms with van der Waals surface area (Å²) in [4.78, 5) is 34.7. The minimum Gasteiger partial charge on any atom is -0.465 e. The van der Waals surface area contributed by atoms with Crippen LogP contribution in [0.15, 0.2) is 36.7 Å². The molecule has 0 aromatic carbocycles. The van der Waals surface area contributed by atoms with Gasteiger partial charge in [0.05, 0.1) is 11.0 Å². The van der Waals surface area contributed by atoms with Crippen LogP contribution in [0.2, 0.25) is 0 Å². The summed E-state index contributed by atoms with van der Waals surface area (Å²) in [5.41, 5.74) is 0.225. The number of nitrogens with one attached hydrogen (secondary N) is 1. The standard InChI is InChI=1S/C20H26N6O4/c1-20(2,3)16-13-24(11-4-12-25(16)19(27)28)17-6-5-15(26(29)30)18(23-17)22-14-7-9-21-10-8-14/h5-10,16H,4,11-13H2,1-3H3,(H,27,28)(H,21,22,23). The van der Waals surface area contributed by atoms with Crippen molar-refractivity contribution in [2.75, 3.05) is 29.9 Å². The zero-order valence-electron chi connectivity index (χ0n) is 17.3. The highest BCUT2D eigenvalue weighted by Gasteiger charge is 2.37. The van der Waals surface area contributed by atoms with E-state index in [0.29, 0.717) is 37.6 Å². The molecule has 2 aromatic heterocycles. The molecule has 3 heterocycles. The van der Waals surface area contributed by atoms with Crippen molar-refractivity contribution in [3.05, 3.63) is 46.8 Å². The highest BCUT2D eigenvalue weighted by atomic mass is 16.6. The molecule has 0 radical (unpaired) electrons. The van der Waals surface area contributed by atoms with E-state index in [-0.39, 0.29) is 23.0 Å². The van der Waals surface area contributed by atoms with Crippen LogP contribution >= 0.6 is 0 Å². The van der Waals surface area contributed by atoms with Crippen molar-refractivity contribution in [2.45, 2.75) is 33.2 Å². The van der Waals surface area contributed by atoms with Gasteiger partial charge in [-0.05, 0) is 30.0 Å². The van der Waals surface area contributed by atoms with E-state index in [2.05, 4.69) is 15.3 Å². The lowest BCUT2D eigenvalue weighted by Gasteiger charge is -2.39. The summed E-state index contributed by atoms with van der Waals surface area (Å²) < 4.78 is 0. The van der Waals surface area contributed by atoms with E-state index in [4.69, 9.17) is 0 Å². The average molecular weight is 414 g/mol. The van der Waals surface area contributed by atoms with Gasteiger partial charge in [0.15, 0.2) is 0 Å². The van der Waals surface area contributed by atoms with Crippen LogP contribution in [0.1, 0.15) is 27.2 Å². The van der Waals surface area contributed by atoms with E-state index in [1.165, 1.54) is 11.0 Å². The van der Waals surface area contributed by atoms with Crippen molar-refractivity contribution >= 4 is 29.1 Å². The zero-order valence-corrected chi connectivity index (χ0v) is 17.3. The van der Waals surface area contributed by atoms with Gasteiger partial charge in [0, 0.05) is 43.8 Å². The Kier molecular flexibility index (Phi) is 6.04. The number of carbonyl (C=O) groups is 1. The number of nitro groups is 1. The van der Waals surface area contributed by atoms with Crippen molar-refractivity contribution in [3.8, 4) is 0 Å². The van der Waals surface area contributed by atoms with E-state index in [1.54, 1.807) is 30.6 Å². The van der Waals surface area contributed by atoms with Crippen LogP contribution in [-0.2, 0) is 0 Å². The Morgan fingerprint density at radius 1 is 1.23 bits per heavy atom. The number of pyridine rings is 2. The van der Waals surface area contributed by atoms with Crippen LogP contribution in [0.5, 0.6) is 0 Å². The second kappa shape index (κ2) is 8.52. The average Bonchev–Trinajstić information content (AvgIpc) is 2.92. The number of aromatic nitrogens is 2. The first-order valence-corrected chi connectivity index (χ1v) is 9.74. The highest BCUT2D eigenvalue weighted by molar-refractivity contribution is 5.68. The van der Waals surface area contributed by atoms with E-state index in [1.807, 2.05) is 25.7 Å². The van der Waals surface area contributed by atoms with E-state index in [0.717, 1.165) is 0 Å². The van der Waals surface area contributed by atoms with Crippen molar-refractivity contribution < 1.29 is 14.8 Å². The molecule has 10 heteroatoms. The van der Waals surface area contributed by atoms with Crippen molar-refractivity contribution in [2.24, 2.45) is 5.41 Å². The quantitative estimate of drug-likeness (QED) is 0.573. The van der Waals surface area contributed by atoms with Gasteiger partial charge in [-0.3, -0.25) is 15.1 Å². The van der Waals surface area contributed by atoms with Gasteiger partial charge in [-0.15, -0.1) is 0 Å². The largest absolute Gasteiger partial charge is 0.465 e. The lowest BCUT2D eigenvalue weighted by molar-refractivity contribution is -0.384. The van der Waals surface area contributed by atoms with Gasteiger partial charge in [0.2, 0.25) is 5.82 Å². The minimum atomic E-state index is -0.937. The van der Waals surface area contributed by atoms with Crippen molar-refractivity contribution in [1.82, 2.24) is 14.9 Å². The molecule has 0 saturated carbocycles. The maximum absolute atomic E-state index is 11.8. The molecule has 0 aliphatic carbocycles. The molecule has 0 spiro atoms. The molecular formula is C20H26N6O4. The molecule has 1 saturated heterocycles. The summed E-state index contributed by atoms with van der Waals surface area (Å²) in [6.07, 6.45) is 2.88. The number of hydrogen-bond donors (Lipinski definition) is 2. The molecule has 1 aliphatic heterocycles. The van der Waals surface area contributed by atoms with E-state index in [9.17, 15) is 20.0 Å². The summed E-state index contributed by atoms with van der Waals surface area (Å²) in [6, 6.07) is 6.20. The fraction of sp³-hybridized carbons (Fsp3) is 0.450. The maximum atomic E-state index is 11.8. The Labute approximate surface area is 174 Å². The molecule has 30 heavy (non-hydrogen) atoms. The van der Waals surface area contributed by atoms with Gasteiger partial charge in [-0.1, -0.05) is 20.8 Å². The molecular weight excluding hydrogens is 388 g/mol. The Morgan fingerprint density at radius 2 is 1.93 bits per heavy atom. The minimum absolute atomic E-state index is 0.134. The fourth-order valence-electron chi connectivity index (χ4n) is 3.59. The highest BCUT2D eigenvalue weighted by Crippen LogP contribution is 2.32. The number of nitrogens with zero attached hydrogens (tertiary/aromatic N) is 5. The van der Waals surface area contributed by atoms with Crippen LogP contribution in [-0.4, -0.2) is 56.7 Å². The molecule has 1 aliphatic rings. The second-order valence-electron chi connectivity index (χ2n) is 8.31. The first-order valence-electron chi connectivity index (χ1n) is 9.74. The Morgan fingerprint density at radius 3 is 2.53 bits per heavy atom. The lowest BCUT2D eigenvalue weighted by Crippen LogP contribution is -2.51. The van der Waals surface area contributed by atoms with Gasteiger partial charge in [0.1, 0.15) is 5.82 Å². The van der Waals surface area contributed by atoms with Gasteiger partial charge >= 0.3 is 11.8 Å². The lowest BCUT2D eigenvalue weighted by atomic mass is 9.85. The first-order chi connectivity index (χ1) is 14.2. The molecule has 2 N–H and O–H groups in total. The molecule has 10 nitrogen and oxygen atoms in total. The zero-order chi connectivity index (χ0) is 21.9. The second-order valence-corrected chi connectivity index (χ2v) is 8.31. The van der Waals surface area contributed by atoms with Crippen LogP contribution in [0.25, 0.3) is 0 Å². The van der Waals surface area contributed by atoms with Gasteiger partial charge in [-0.25, -0.2) is 9.78 Å². The van der Waals surface area contributed by atoms with Gasteiger partial charge < -0.3 is 20.2 Å². The summed E-state index contributed by atoms with van der Waals surface area (Å²) in [5.74, 6) is 0.703. The van der Waals surface area contributed by atoms with E-state index >= 15 is 0 Å². The molecule has 1 fully saturated rings. The molecule has 1 amide bonds. The van der Waals surface area contributed by atoms with Gasteiger partial charge in [0.25, 0.3) is 0 Å². The normalized spacial score (nSPS) is 17.4. The Bertz CT molecular complexity index is 915. The smallest absolute Gasteiger partial charge is 0.407 e. The first kappa shape index (κ1) is 21.3. The number of amides is 1. The van der Waals surface area contributed by atoms with Gasteiger partial charge in [-0.2, -0.15) is 0 Å². The maximum Gasteiger partial charge on any atom is 0.407 e. The molecule has 2 aromatic rings. The number of rotatable bonds is 4. The third kappa shape index (κ3) is 4.76. The van der Waals surface area contributed by atoms with E-state index < -0.39 is 11.0 Å². The summed E-state index contributed by atoms with van der Waals surface area (Å²) in [7, 11) is 0. The van der Waals surface area contributed by atoms with Crippen LogP contribution < -0.4 is 10.2 Å². The Balaban J connectivity index is 1.95. The molecule has 0 bridgehead atoms. The third-order valence-corrected chi connectivity index (χ3v) is 5.16. The molecule has 1 atom stereocenters. The summed E-state index contributed by atoms with van der Waals surface area (Å²) >= 11 is 0. The molecule has 1 unspecified atom stereocenters. The summed E-state index contributed by atoms with van der Waals surface area (Å²) in [5, 5.41) is 24.1. The fourth-order valence-corrected chi connectivity index (χ4v) is 3.59. The van der Waals surface area contributed by atoms with Crippen LogP contribution in [0.4, 0.5) is 27.8 Å². The third-order valence-electron chi connectivity index (χ3n) is 5.16. The predicted molar refractivity (Wildman–Crippen MR) is 113 cm³/mol. The topological polar surface area (TPSA) is 125 Å². The molecule has 160 valence electrons. The SMILES string of the molecule is CC(C)(C)C1CN(c2ccc([N+](=O)[O-])c(Nc3ccncc3)n2)CCCN1C(=O)O. The number of anilines is 3. The predicted octanol–water partition coefficient (Wildman–Crippen LogP) is 3.73. The number of carboxylic acid groups (broad SMARTS) is 1. The number of hydrogen-bond acceptors (Lipinski definition) is 7. The van der Waals surface area contributed by atoms with Crippen LogP contribution in [0.3, 0.4) is 0 Å². The Hall–Kier alpha value is -3.43. The monoisotopic (exact) mass is 414 g/mol.